The Kier molecular flexibility index (Phi) is 7.38. The van der Waals surface area contributed by atoms with Gasteiger partial charge in [-0.15, -0.1) is 12.4 Å². The van der Waals surface area contributed by atoms with Crippen molar-refractivity contribution in [1.29, 1.82) is 0 Å². The lowest BCUT2D eigenvalue weighted by molar-refractivity contribution is -0.149. The molecule has 0 bridgehead atoms. The van der Waals surface area contributed by atoms with Crippen LogP contribution in [0.1, 0.15) is 38.2 Å². The average Bonchev–Trinajstić information content (AvgIpc) is 2.60. The number of fused-ring (bicyclic) bond motifs is 1. The first-order valence-electron chi connectivity index (χ1n) is 8.90. The molecule has 2 heterocycles. The second kappa shape index (κ2) is 9.28. The number of rotatable bonds is 5. The van der Waals surface area contributed by atoms with Gasteiger partial charge in [-0.2, -0.15) is 0 Å². The zero-order valence-corrected chi connectivity index (χ0v) is 15.2. The van der Waals surface area contributed by atoms with Gasteiger partial charge >= 0.3 is 5.97 Å². The summed E-state index contributed by atoms with van der Waals surface area (Å²) in [7, 11) is 0. The van der Waals surface area contributed by atoms with Gasteiger partial charge in [0.15, 0.2) is 0 Å². The third kappa shape index (κ3) is 4.87. The minimum Gasteiger partial charge on any atom is -0.490 e. The van der Waals surface area contributed by atoms with Crippen molar-refractivity contribution >= 4 is 18.4 Å². The Morgan fingerprint density at radius 1 is 1.33 bits per heavy atom. The summed E-state index contributed by atoms with van der Waals surface area (Å²) in [6.45, 7) is 5.27. The molecule has 2 atom stereocenters. The fraction of sp³-hybridized carbons (Fsp3) is 0.632. The topological polar surface area (TPSA) is 38.8 Å². The lowest BCUT2D eigenvalue weighted by atomic mass is 9.97. The van der Waals surface area contributed by atoms with E-state index < -0.39 is 0 Å². The highest BCUT2D eigenvalue weighted by atomic mass is 35.5. The average molecular weight is 354 g/mol. The molecule has 1 fully saturated rings. The van der Waals surface area contributed by atoms with E-state index in [9.17, 15) is 4.79 Å². The van der Waals surface area contributed by atoms with Crippen LogP contribution in [0.5, 0.6) is 5.75 Å². The first-order chi connectivity index (χ1) is 11.3. The second-order valence-electron chi connectivity index (χ2n) is 6.57. The number of nitrogens with zero attached hydrogens (tertiary/aromatic N) is 1. The molecule has 1 aromatic carbocycles. The number of carbonyl (C=O) groups is 1. The van der Waals surface area contributed by atoms with Crippen molar-refractivity contribution in [2.24, 2.45) is 5.92 Å². The fourth-order valence-electron chi connectivity index (χ4n) is 3.62. The Balaban J connectivity index is 0.00000208. The number of halogens is 1. The molecular weight excluding hydrogens is 326 g/mol. The van der Waals surface area contributed by atoms with Crippen molar-refractivity contribution in [1.82, 2.24) is 4.90 Å². The molecule has 2 aliphatic rings. The first-order valence-corrected chi connectivity index (χ1v) is 8.90. The van der Waals surface area contributed by atoms with Crippen LogP contribution in [0.3, 0.4) is 0 Å². The number of hydrogen-bond donors (Lipinski definition) is 0. The number of esters is 1. The summed E-state index contributed by atoms with van der Waals surface area (Å²) in [6, 6.07) is 8.33. The molecule has 0 N–H and O–H groups in total. The lowest BCUT2D eigenvalue weighted by Crippen LogP contribution is -2.41. The van der Waals surface area contributed by atoms with Gasteiger partial charge in [0.25, 0.3) is 0 Å². The largest absolute Gasteiger partial charge is 0.490 e. The number of aryl methyl sites for hydroxylation is 1. The summed E-state index contributed by atoms with van der Waals surface area (Å²) in [6.07, 6.45) is 5.57. The molecule has 24 heavy (non-hydrogen) atoms. The Hall–Kier alpha value is -1.26. The normalized spacial score (nSPS) is 23.5. The van der Waals surface area contributed by atoms with E-state index in [1.54, 1.807) is 0 Å². The molecule has 1 aromatic rings. The van der Waals surface area contributed by atoms with Crippen LogP contribution < -0.4 is 4.74 Å². The molecule has 134 valence electrons. The zero-order chi connectivity index (χ0) is 16.1. The van der Waals surface area contributed by atoms with Crippen molar-refractivity contribution in [2.75, 3.05) is 26.2 Å². The molecular formula is C19H28ClNO3. The number of benzene rings is 1. The van der Waals surface area contributed by atoms with Crippen LogP contribution in [-0.4, -0.2) is 43.2 Å². The van der Waals surface area contributed by atoms with Gasteiger partial charge in [0, 0.05) is 13.1 Å². The van der Waals surface area contributed by atoms with E-state index in [2.05, 4.69) is 23.1 Å². The third-order valence-electron chi connectivity index (χ3n) is 4.89. The van der Waals surface area contributed by atoms with Crippen LogP contribution >= 0.6 is 12.4 Å². The predicted octanol–water partition coefficient (Wildman–Crippen LogP) is 3.47. The molecule has 0 aromatic heterocycles. The molecule has 1 saturated heterocycles. The number of ether oxygens (including phenoxy) is 2. The van der Waals surface area contributed by atoms with E-state index in [1.807, 2.05) is 13.0 Å². The van der Waals surface area contributed by atoms with E-state index in [1.165, 1.54) is 5.56 Å². The van der Waals surface area contributed by atoms with Crippen molar-refractivity contribution in [2.45, 2.75) is 45.1 Å². The lowest BCUT2D eigenvalue weighted by Gasteiger charge is -2.33. The maximum Gasteiger partial charge on any atom is 0.310 e. The second-order valence-corrected chi connectivity index (χ2v) is 6.57. The Morgan fingerprint density at radius 2 is 2.17 bits per heavy atom. The first kappa shape index (κ1) is 19.1. The van der Waals surface area contributed by atoms with Crippen LogP contribution in [0, 0.1) is 5.92 Å². The standard InChI is InChI=1S/C19H27NO3.ClH/c1-2-22-19(21)16-7-5-12-20(14-16)13-11-17-10-9-15-6-3-4-8-18(15)23-17;/h3-4,6,8,16-17H,2,5,7,9-14H2,1H3;1H. The van der Waals surface area contributed by atoms with Crippen molar-refractivity contribution < 1.29 is 14.3 Å². The highest BCUT2D eigenvalue weighted by molar-refractivity contribution is 5.85. The van der Waals surface area contributed by atoms with Gasteiger partial charge in [0.05, 0.1) is 12.5 Å². The summed E-state index contributed by atoms with van der Waals surface area (Å²) in [4.78, 5) is 14.3. The van der Waals surface area contributed by atoms with E-state index >= 15 is 0 Å². The summed E-state index contributed by atoms with van der Waals surface area (Å²) in [5.74, 6) is 1.07. The highest BCUT2D eigenvalue weighted by Gasteiger charge is 2.27. The Labute approximate surface area is 150 Å². The van der Waals surface area contributed by atoms with Crippen molar-refractivity contribution in [3.05, 3.63) is 29.8 Å². The summed E-state index contributed by atoms with van der Waals surface area (Å²) in [5.41, 5.74) is 1.32. The van der Waals surface area contributed by atoms with Crippen LogP contribution in [0.15, 0.2) is 24.3 Å². The van der Waals surface area contributed by atoms with Gasteiger partial charge in [-0.05, 0) is 57.2 Å². The highest BCUT2D eigenvalue weighted by Crippen LogP contribution is 2.28. The summed E-state index contributed by atoms with van der Waals surface area (Å²) >= 11 is 0. The Morgan fingerprint density at radius 3 is 3.00 bits per heavy atom. The molecule has 0 spiro atoms. The molecule has 5 heteroatoms. The quantitative estimate of drug-likeness (QED) is 0.760. The maximum atomic E-state index is 11.9. The van der Waals surface area contributed by atoms with Gasteiger partial charge in [-0.1, -0.05) is 18.2 Å². The molecule has 0 radical (unpaired) electrons. The number of hydrogen-bond acceptors (Lipinski definition) is 4. The molecule has 0 amide bonds. The molecule has 0 saturated carbocycles. The summed E-state index contributed by atoms with van der Waals surface area (Å²) in [5, 5.41) is 0. The van der Waals surface area contributed by atoms with Crippen molar-refractivity contribution in [3.63, 3.8) is 0 Å². The number of carbonyl (C=O) groups excluding carboxylic acids is 1. The summed E-state index contributed by atoms with van der Waals surface area (Å²) < 4.78 is 11.3. The van der Waals surface area contributed by atoms with Gasteiger partial charge in [0.1, 0.15) is 11.9 Å². The van der Waals surface area contributed by atoms with Gasteiger partial charge < -0.3 is 14.4 Å². The maximum absolute atomic E-state index is 11.9. The third-order valence-corrected chi connectivity index (χ3v) is 4.89. The molecule has 2 aliphatic heterocycles. The molecule has 2 unspecified atom stereocenters. The number of likely N-dealkylation sites (tertiary alicyclic amines) is 1. The minimum absolute atomic E-state index is 0. The molecule has 4 nitrogen and oxygen atoms in total. The zero-order valence-electron chi connectivity index (χ0n) is 14.4. The van der Waals surface area contributed by atoms with E-state index in [4.69, 9.17) is 9.47 Å². The fourth-order valence-corrected chi connectivity index (χ4v) is 3.62. The number of piperidine rings is 1. The van der Waals surface area contributed by atoms with Crippen LogP contribution in [-0.2, 0) is 16.0 Å². The molecule has 0 aliphatic carbocycles. The van der Waals surface area contributed by atoms with Crippen LogP contribution in [0.4, 0.5) is 0 Å². The van der Waals surface area contributed by atoms with E-state index in [0.717, 1.165) is 57.5 Å². The van der Waals surface area contributed by atoms with Crippen LogP contribution in [0.25, 0.3) is 0 Å². The van der Waals surface area contributed by atoms with Gasteiger partial charge in [0.2, 0.25) is 0 Å². The minimum atomic E-state index is -0.0277. The SMILES string of the molecule is CCOC(=O)C1CCCN(CCC2CCc3ccccc3O2)C1.Cl. The molecule has 3 rings (SSSR count). The van der Waals surface area contributed by atoms with E-state index in [-0.39, 0.29) is 24.3 Å². The monoisotopic (exact) mass is 353 g/mol. The predicted molar refractivity (Wildman–Crippen MR) is 96.8 cm³/mol. The van der Waals surface area contributed by atoms with Gasteiger partial charge in [-0.3, -0.25) is 4.79 Å². The van der Waals surface area contributed by atoms with E-state index in [0.29, 0.717) is 12.7 Å². The number of para-hydroxylation sites is 1. The Bertz CT molecular complexity index is 537. The smallest absolute Gasteiger partial charge is 0.310 e. The van der Waals surface area contributed by atoms with Crippen LogP contribution in [0.2, 0.25) is 0 Å². The van der Waals surface area contributed by atoms with Gasteiger partial charge in [-0.25, -0.2) is 0 Å². The van der Waals surface area contributed by atoms with Crippen molar-refractivity contribution in [3.8, 4) is 5.75 Å².